The van der Waals surface area contributed by atoms with Gasteiger partial charge in [0.15, 0.2) is 6.29 Å². The molecule has 0 atom stereocenters. The first kappa shape index (κ1) is 12.2. The average molecular weight is 263 g/mol. The average Bonchev–Trinajstić information content (AvgIpc) is 2.18. The zero-order valence-electron chi connectivity index (χ0n) is 9.01. The van der Waals surface area contributed by atoms with Crippen LogP contribution >= 0.6 is 15.9 Å². The Labute approximate surface area is 94.8 Å². The fourth-order valence-electron chi connectivity index (χ4n) is 1.87. The molecule has 0 saturated carbocycles. The first-order valence-corrected chi connectivity index (χ1v) is 6.02. The minimum Gasteiger partial charge on any atom is -0.352 e. The molecular formula is C11H19BrO2. The van der Waals surface area contributed by atoms with Crippen molar-refractivity contribution in [1.82, 2.24) is 0 Å². The van der Waals surface area contributed by atoms with Gasteiger partial charge in [-0.05, 0) is 35.7 Å². The molecule has 0 aromatic carbocycles. The van der Waals surface area contributed by atoms with Crippen molar-refractivity contribution in [3.63, 3.8) is 0 Å². The normalized spacial score (nSPS) is 24.9. The van der Waals surface area contributed by atoms with E-state index < -0.39 is 0 Å². The summed E-state index contributed by atoms with van der Waals surface area (Å²) in [6.07, 6.45) is 7.22. The lowest BCUT2D eigenvalue weighted by Crippen LogP contribution is -2.17. The monoisotopic (exact) mass is 262 g/mol. The van der Waals surface area contributed by atoms with Crippen LogP contribution in [0.1, 0.15) is 38.5 Å². The molecule has 1 aliphatic carbocycles. The summed E-state index contributed by atoms with van der Waals surface area (Å²) in [6, 6.07) is 0. The van der Waals surface area contributed by atoms with Crippen LogP contribution in [0.4, 0.5) is 0 Å². The molecule has 0 aliphatic heterocycles. The lowest BCUT2D eigenvalue weighted by molar-refractivity contribution is -0.0772. The highest BCUT2D eigenvalue weighted by molar-refractivity contribution is 9.11. The van der Waals surface area contributed by atoms with Gasteiger partial charge >= 0.3 is 0 Å². The molecule has 82 valence electrons. The van der Waals surface area contributed by atoms with Gasteiger partial charge in [0, 0.05) is 14.2 Å². The smallest absolute Gasteiger partial charge is 0.180 e. The molecular weight excluding hydrogens is 244 g/mol. The van der Waals surface area contributed by atoms with Crippen LogP contribution < -0.4 is 0 Å². The number of hydrogen-bond acceptors (Lipinski definition) is 2. The number of allylic oxidation sites excluding steroid dienone is 1. The second kappa shape index (κ2) is 6.59. The van der Waals surface area contributed by atoms with Gasteiger partial charge in [0.2, 0.25) is 0 Å². The van der Waals surface area contributed by atoms with Gasteiger partial charge in [0.05, 0.1) is 0 Å². The molecule has 0 spiro atoms. The molecule has 0 unspecified atom stereocenters. The summed E-state index contributed by atoms with van der Waals surface area (Å²) in [5, 5.41) is 0. The van der Waals surface area contributed by atoms with Gasteiger partial charge in [-0.1, -0.05) is 28.8 Å². The van der Waals surface area contributed by atoms with Crippen molar-refractivity contribution in [2.45, 2.75) is 44.8 Å². The van der Waals surface area contributed by atoms with Crippen LogP contribution in [0.5, 0.6) is 0 Å². The molecule has 0 bridgehead atoms. The van der Waals surface area contributed by atoms with Crippen LogP contribution in [0, 0.1) is 0 Å². The minimum absolute atomic E-state index is 0.164. The number of hydrogen-bond donors (Lipinski definition) is 0. The molecule has 0 heterocycles. The molecule has 2 nitrogen and oxygen atoms in total. The third-order valence-electron chi connectivity index (χ3n) is 2.65. The van der Waals surface area contributed by atoms with Crippen LogP contribution in [0.15, 0.2) is 10.1 Å². The highest BCUT2D eigenvalue weighted by Gasteiger charge is 2.17. The largest absolute Gasteiger partial charge is 0.352 e. The van der Waals surface area contributed by atoms with E-state index in [1.807, 2.05) is 0 Å². The molecule has 1 rings (SSSR count). The van der Waals surface area contributed by atoms with Crippen molar-refractivity contribution >= 4 is 15.9 Å². The van der Waals surface area contributed by atoms with Crippen molar-refractivity contribution in [2.75, 3.05) is 14.2 Å². The van der Waals surface area contributed by atoms with Crippen LogP contribution in [-0.4, -0.2) is 20.5 Å². The van der Waals surface area contributed by atoms with E-state index in [0.717, 1.165) is 12.8 Å². The predicted molar refractivity (Wildman–Crippen MR) is 61.5 cm³/mol. The Balaban J connectivity index is 2.71. The fourth-order valence-corrected chi connectivity index (χ4v) is 2.54. The van der Waals surface area contributed by atoms with E-state index in [2.05, 4.69) is 15.9 Å². The van der Waals surface area contributed by atoms with Gasteiger partial charge in [0.1, 0.15) is 0 Å². The molecule has 14 heavy (non-hydrogen) atoms. The summed E-state index contributed by atoms with van der Waals surface area (Å²) >= 11 is 3.64. The van der Waals surface area contributed by atoms with E-state index in [4.69, 9.17) is 9.47 Å². The van der Waals surface area contributed by atoms with Crippen molar-refractivity contribution in [3.05, 3.63) is 10.1 Å². The Hall–Kier alpha value is 0.140. The van der Waals surface area contributed by atoms with Gasteiger partial charge in [-0.15, -0.1) is 0 Å². The molecule has 0 N–H and O–H groups in total. The van der Waals surface area contributed by atoms with Crippen LogP contribution in [0.3, 0.4) is 0 Å². The third-order valence-corrected chi connectivity index (χ3v) is 3.56. The number of methoxy groups -OCH3 is 2. The Morgan fingerprint density at radius 2 is 1.57 bits per heavy atom. The van der Waals surface area contributed by atoms with E-state index in [1.165, 1.54) is 35.7 Å². The van der Waals surface area contributed by atoms with Gasteiger partial charge in [-0.25, -0.2) is 0 Å². The molecule has 0 saturated heterocycles. The molecule has 0 aromatic rings. The Bertz CT molecular complexity index is 197. The number of rotatable bonds is 3. The SMILES string of the molecule is COC(OC)/C1=C(\Br)CCCCCC1. The Morgan fingerprint density at radius 1 is 1.00 bits per heavy atom. The fraction of sp³-hybridized carbons (Fsp3) is 0.818. The standard InChI is InChI=1S/C11H19BrO2/c1-13-11(14-2)9-7-5-3-4-6-8-10(9)12/h11H,3-8H2,1-2H3/b10-9-. The summed E-state index contributed by atoms with van der Waals surface area (Å²) in [6.45, 7) is 0. The van der Waals surface area contributed by atoms with E-state index in [9.17, 15) is 0 Å². The predicted octanol–water partition coefficient (Wildman–Crippen LogP) is 3.61. The topological polar surface area (TPSA) is 18.5 Å². The summed E-state index contributed by atoms with van der Waals surface area (Å²) in [5.74, 6) is 0. The first-order valence-electron chi connectivity index (χ1n) is 5.22. The van der Waals surface area contributed by atoms with Gasteiger partial charge < -0.3 is 9.47 Å². The summed E-state index contributed by atoms with van der Waals surface area (Å²) < 4.78 is 11.9. The van der Waals surface area contributed by atoms with Crippen LogP contribution in [-0.2, 0) is 9.47 Å². The van der Waals surface area contributed by atoms with Gasteiger partial charge in [-0.3, -0.25) is 0 Å². The maximum atomic E-state index is 5.30. The zero-order chi connectivity index (χ0) is 10.4. The molecule has 3 heteroatoms. The lowest BCUT2D eigenvalue weighted by atomic mass is 9.99. The van der Waals surface area contributed by atoms with Gasteiger partial charge in [-0.2, -0.15) is 0 Å². The van der Waals surface area contributed by atoms with E-state index >= 15 is 0 Å². The van der Waals surface area contributed by atoms with Crippen molar-refractivity contribution < 1.29 is 9.47 Å². The molecule has 0 aromatic heterocycles. The molecule has 0 amide bonds. The summed E-state index contributed by atoms with van der Waals surface area (Å²) in [5.41, 5.74) is 1.29. The first-order chi connectivity index (χ1) is 6.79. The Morgan fingerprint density at radius 3 is 2.14 bits per heavy atom. The lowest BCUT2D eigenvalue weighted by Gasteiger charge is -2.21. The van der Waals surface area contributed by atoms with E-state index in [0.29, 0.717) is 0 Å². The van der Waals surface area contributed by atoms with Crippen molar-refractivity contribution in [1.29, 1.82) is 0 Å². The zero-order valence-corrected chi connectivity index (χ0v) is 10.6. The maximum Gasteiger partial charge on any atom is 0.180 e. The summed E-state index contributed by atoms with van der Waals surface area (Å²) in [4.78, 5) is 0. The van der Waals surface area contributed by atoms with Crippen molar-refractivity contribution in [2.24, 2.45) is 0 Å². The van der Waals surface area contributed by atoms with Gasteiger partial charge in [0.25, 0.3) is 0 Å². The Kier molecular flexibility index (Phi) is 5.75. The van der Waals surface area contributed by atoms with Crippen LogP contribution in [0.2, 0.25) is 0 Å². The van der Waals surface area contributed by atoms with E-state index in [-0.39, 0.29) is 6.29 Å². The molecule has 0 radical (unpaired) electrons. The van der Waals surface area contributed by atoms with Crippen molar-refractivity contribution in [3.8, 4) is 0 Å². The number of halogens is 1. The highest BCUT2D eigenvalue weighted by Crippen LogP contribution is 2.30. The molecule has 1 aliphatic rings. The quantitative estimate of drug-likeness (QED) is 0.724. The highest BCUT2D eigenvalue weighted by atomic mass is 79.9. The van der Waals surface area contributed by atoms with E-state index in [1.54, 1.807) is 14.2 Å². The third kappa shape index (κ3) is 3.37. The summed E-state index contributed by atoms with van der Waals surface area (Å²) in [7, 11) is 3.39. The number of ether oxygens (including phenoxy) is 2. The maximum absolute atomic E-state index is 5.30. The molecule has 0 fully saturated rings. The second-order valence-corrected chi connectivity index (χ2v) is 4.60. The minimum atomic E-state index is -0.164. The second-order valence-electron chi connectivity index (χ2n) is 3.65. The van der Waals surface area contributed by atoms with Crippen LogP contribution in [0.25, 0.3) is 0 Å².